The van der Waals surface area contributed by atoms with E-state index in [1.807, 2.05) is 47.9 Å². The van der Waals surface area contributed by atoms with Crippen molar-refractivity contribution in [1.29, 1.82) is 0 Å². The number of hydrogen-bond acceptors (Lipinski definition) is 4. The maximum absolute atomic E-state index is 13.1. The topological polar surface area (TPSA) is 57.3 Å². The fraction of sp³-hybridized carbons (Fsp3) is 0.500. The molecule has 1 amide bonds. The van der Waals surface area contributed by atoms with Crippen LogP contribution in [0.2, 0.25) is 0 Å². The van der Waals surface area contributed by atoms with E-state index in [1.165, 1.54) is 12.8 Å². The summed E-state index contributed by atoms with van der Waals surface area (Å²) in [6.07, 6.45) is 1.43. The molecule has 32 heavy (non-hydrogen) atoms. The van der Waals surface area contributed by atoms with Gasteiger partial charge in [-0.1, -0.05) is 30.3 Å². The molecular formula is C24H29F3N4O. The van der Waals surface area contributed by atoms with Crippen molar-refractivity contribution in [3.8, 4) is 11.1 Å². The van der Waals surface area contributed by atoms with Crippen LogP contribution in [0.15, 0.2) is 42.6 Å². The van der Waals surface area contributed by atoms with Gasteiger partial charge < -0.3 is 10.6 Å². The van der Waals surface area contributed by atoms with Gasteiger partial charge in [-0.2, -0.15) is 8.78 Å². The highest BCUT2D eigenvalue weighted by molar-refractivity contribution is 5.79. The Hall–Kier alpha value is -2.45. The van der Waals surface area contributed by atoms with Gasteiger partial charge in [0.05, 0.1) is 11.7 Å². The molecule has 1 unspecified atom stereocenters. The predicted molar refractivity (Wildman–Crippen MR) is 117 cm³/mol. The van der Waals surface area contributed by atoms with Crippen LogP contribution in [0, 0.1) is 5.41 Å². The molecule has 8 heteroatoms. The molecule has 0 saturated carbocycles. The minimum absolute atomic E-state index is 0.152. The van der Waals surface area contributed by atoms with Gasteiger partial charge in [0.1, 0.15) is 6.67 Å². The summed E-state index contributed by atoms with van der Waals surface area (Å²) in [6.45, 7) is 4.47. The van der Waals surface area contributed by atoms with E-state index in [4.69, 9.17) is 0 Å². The lowest BCUT2D eigenvalue weighted by atomic mass is 9.74. The number of benzene rings is 1. The number of alkyl halides is 3. The summed E-state index contributed by atoms with van der Waals surface area (Å²) in [5, 5.41) is 5.54. The third kappa shape index (κ3) is 5.48. The molecule has 2 aliphatic heterocycles. The molecule has 172 valence electrons. The zero-order valence-corrected chi connectivity index (χ0v) is 18.0. The third-order valence-electron chi connectivity index (χ3n) is 6.39. The molecular weight excluding hydrogens is 417 g/mol. The first-order valence-electron chi connectivity index (χ1n) is 11.1. The van der Waals surface area contributed by atoms with E-state index in [-0.39, 0.29) is 6.42 Å². The first kappa shape index (κ1) is 22.7. The number of nitrogens with one attached hydrogen (secondary N) is 2. The van der Waals surface area contributed by atoms with Crippen molar-refractivity contribution in [2.75, 3.05) is 32.9 Å². The number of amides is 1. The summed E-state index contributed by atoms with van der Waals surface area (Å²) in [7, 11) is 0. The Morgan fingerprint density at radius 3 is 2.50 bits per heavy atom. The fourth-order valence-electron chi connectivity index (χ4n) is 4.76. The Morgan fingerprint density at radius 2 is 1.91 bits per heavy atom. The van der Waals surface area contributed by atoms with Crippen LogP contribution in [-0.4, -0.2) is 61.1 Å². The van der Waals surface area contributed by atoms with Gasteiger partial charge in [-0.05, 0) is 43.0 Å². The van der Waals surface area contributed by atoms with Crippen LogP contribution < -0.4 is 10.6 Å². The summed E-state index contributed by atoms with van der Waals surface area (Å²) >= 11 is 0. The van der Waals surface area contributed by atoms with E-state index in [0.717, 1.165) is 55.1 Å². The highest BCUT2D eigenvalue weighted by Crippen LogP contribution is 2.37. The predicted octanol–water partition coefficient (Wildman–Crippen LogP) is 3.20. The molecule has 0 bridgehead atoms. The van der Waals surface area contributed by atoms with Crippen LogP contribution in [0.25, 0.3) is 11.1 Å². The van der Waals surface area contributed by atoms with E-state index in [9.17, 15) is 18.0 Å². The molecule has 0 aliphatic carbocycles. The molecule has 1 spiro atoms. The Labute approximate surface area is 186 Å². The van der Waals surface area contributed by atoms with Gasteiger partial charge in [0.25, 0.3) is 5.91 Å². The molecule has 1 aromatic heterocycles. The maximum atomic E-state index is 13.1. The molecule has 5 nitrogen and oxygen atoms in total. The molecule has 0 radical (unpaired) electrons. The molecule has 1 atom stereocenters. The zero-order valence-electron chi connectivity index (χ0n) is 18.0. The van der Waals surface area contributed by atoms with Crippen molar-refractivity contribution in [2.24, 2.45) is 5.41 Å². The zero-order chi connectivity index (χ0) is 22.6. The highest BCUT2D eigenvalue weighted by atomic mass is 19.3. The molecule has 2 N–H and O–H groups in total. The third-order valence-corrected chi connectivity index (χ3v) is 6.39. The Bertz CT molecular complexity index is 890. The fourth-order valence-corrected chi connectivity index (χ4v) is 4.76. The van der Waals surface area contributed by atoms with Gasteiger partial charge in [-0.3, -0.25) is 14.7 Å². The van der Waals surface area contributed by atoms with Gasteiger partial charge in [0.15, 0.2) is 0 Å². The second kappa shape index (κ2) is 10.0. The van der Waals surface area contributed by atoms with Crippen LogP contribution in [0.3, 0.4) is 0 Å². The monoisotopic (exact) mass is 446 g/mol. The lowest BCUT2D eigenvalue weighted by molar-refractivity contribution is -0.132. The number of carbonyl (C=O) groups excluding carboxylic acids is 1. The van der Waals surface area contributed by atoms with E-state index in [1.54, 1.807) is 0 Å². The number of hydrogen-bond donors (Lipinski definition) is 2. The Morgan fingerprint density at radius 1 is 1.16 bits per heavy atom. The number of carbonyl (C=O) groups is 1. The quantitative estimate of drug-likeness (QED) is 0.654. The van der Waals surface area contributed by atoms with Crippen LogP contribution in [-0.2, 0) is 17.8 Å². The number of nitrogens with zero attached hydrogens (tertiary/aromatic N) is 2. The standard InChI is InChI=1S/C24H29F3N4O/c25-11-21(30-23(32)22(26)27)10-17-2-4-18(5-3-17)19-6-7-20(29-12-19)13-31-15-24(16-31)8-1-9-28-14-24/h2-7,12,21-22,28H,1,8-11,13-16H2,(H,30,32). The molecule has 2 aliphatic rings. The summed E-state index contributed by atoms with van der Waals surface area (Å²) in [5.74, 6) is -1.45. The Kier molecular flexibility index (Phi) is 7.10. The maximum Gasteiger partial charge on any atom is 0.315 e. The second-order valence-electron chi connectivity index (χ2n) is 9.03. The van der Waals surface area contributed by atoms with E-state index < -0.39 is 25.0 Å². The van der Waals surface area contributed by atoms with Crippen molar-refractivity contribution in [3.63, 3.8) is 0 Å². The summed E-state index contributed by atoms with van der Waals surface area (Å²) < 4.78 is 37.8. The average Bonchev–Trinajstić information content (AvgIpc) is 2.79. The number of pyridine rings is 1. The Balaban J connectivity index is 1.30. The van der Waals surface area contributed by atoms with E-state index in [2.05, 4.69) is 15.2 Å². The molecule has 1 aromatic carbocycles. The van der Waals surface area contributed by atoms with Gasteiger partial charge in [0, 0.05) is 43.4 Å². The average molecular weight is 447 g/mol. The number of rotatable bonds is 8. The van der Waals surface area contributed by atoms with Crippen LogP contribution in [0.1, 0.15) is 24.1 Å². The number of piperidine rings is 1. The minimum atomic E-state index is -3.15. The van der Waals surface area contributed by atoms with Gasteiger partial charge in [-0.25, -0.2) is 4.39 Å². The van der Waals surface area contributed by atoms with Crippen molar-refractivity contribution in [2.45, 2.75) is 38.3 Å². The largest absolute Gasteiger partial charge is 0.345 e. The molecule has 4 rings (SSSR count). The highest BCUT2D eigenvalue weighted by Gasteiger charge is 2.43. The van der Waals surface area contributed by atoms with Gasteiger partial charge in [0.2, 0.25) is 0 Å². The number of halogens is 3. The second-order valence-corrected chi connectivity index (χ2v) is 9.03. The van der Waals surface area contributed by atoms with Crippen molar-refractivity contribution in [3.05, 3.63) is 53.9 Å². The lowest BCUT2D eigenvalue weighted by Gasteiger charge is -2.52. The molecule has 3 heterocycles. The first-order valence-corrected chi connectivity index (χ1v) is 11.1. The normalized spacial score (nSPS) is 19.0. The number of likely N-dealkylation sites (tertiary alicyclic amines) is 1. The van der Waals surface area contributed by atoms with Crippen LogP contribution >= 0.6 is 0 Å². The van der Waals surface area contributed by atoms with E-state index in [0.29, 0.717) is 5.41 Å². The minimum Gasteiger partial charge on any atom is -0.345 e. The van der Waals surface area contributed by atoms with Crippen LogP contribution in [0.5, 0.6) is 0 Å². The van der Waals surface area contributed by atoms with Crippen molar-refractivity contribution < 1.29 is 18.0 Å². The van der Waals surface area contributed by atoms with Gasteiger partial charge >= 0.3 is 6.43 Å². The first-order chi connectivity index (χ1) is 15.5. The van der Waals surface area contributed by atoms with Crippen molar-refractivity contribution in [1.82, 2.24) is 20.5 Å². The smallest absolute Gasteiger partial charge is 0.315 e. The number of aromatic nitrogens is 1. The van der Waals surface area contributed by atoms with Gasteiger partial charge in [-0.15, -0.1) is 0 Å². The lowest BCUT2D eigenvalue weighted by Crippen LogP contribution is -2.61. The summed E-state index contributed by atoms with van der Waals surface area (Å²) in [4.78, 5) is 18.2. The molecule has 2 saturated heterocycles. The van der Waals surface area contributed by atoms with Crippen molar-refractivity contribution >= 4 is 5.91 Å². The molecule has 2 fully saturated rings. The SMILES string of the molecule is O=C(NC(CF)Cc1ccc(-c2ccc(CN3CC4(CCCNC4)C3)nc2)cc1)C(F)F. The van der Waals surface area contributed by atoms with E-state index >= 15 is 0 Å². The van der Waals surface area contributed by atoms with Crippen LogP contribution in [0.4, 0.5) is 13.2 Å². The summed E-state index contributed by atoms with van der Waals surface area (Å²) in [5.41, 5.74) is 4.22. The molecule has 2 aromatic rings. The summed E-state index contributed by atoms with van der Waals surface area (Å²) in [6, 6.07) is 10.6.